The molecule has 16 heavy (non-hydrogen) atoms. The van der Waals surface area contributed by atoms with Gasteiger partial charge < -0.3 is 20.3 Å². The van der Waals surface area contributed by atoms with Gasteiger partial charge in [0.1, 0.15) is 0 Å². The van der Waals surface area contributed by atoms with Gasteiger partial charge in [-0.3, -0.25) is 0 Å². The van der Waals surface area contributed by atoms with Gasteiger partial charge >= 0.3 is 0 Å². The molecule has 4 nitrogen and oxygen atoms in total. The zero-order valence-electron chi connectivity index (χ0n) is 11.0. The van der Waals surface area contributed by atoms with E-state index in [0.717, 1.165) is 39.3 Å². The highest BCUT2D eigenvalue weighted by Crippen LogP contribution is 2.13. The van der Waals surface area contributed by atoms with Crippen molar-refractivity contribution < 1.29 is 4.74 Å². The molecule has 0 aromatic heterocycles. The third-order valence-corrected chi connectivity index (χ3v) is 3.22. The maximum atomic E-state index is 6.09. The zero-order chi connectivity index (χ0) is 12.0. The van der Waals surface area contributed by atoms with E-state index in [-0.39, 0.29) is 0 Å². The van der Waals surface area contributed by atoms with Gasteiger partial charge in [0.25, 0.3) is 0 Å². The van der Waals surface area contributed by atoms with Crippen LogP contribution in [0.15, 0.2) is 0 Å². The lowest BCUT2D eigenvalue weighted by Gasteiger charge is -2.32. The summed E-state index contributed by atoms with van der Waals surface area (Å²) in [5, 5.41) is 0. The summed E-state index contributed by atoms with van der Waals surface area (Å²) in [6.07, 6.45) is 2.22. The Labute approximate surface area is 99.7 Å². The summed E-state index contributed by atoms with van der Waals surface area (Å²) in [7, 11) is 6.41. The Morgan fingerprint density at radius 3 is 2.62 bits per heavy atom. The minimum Gasteiger partial charge on any atom is -0.381 e. The quantitative estimate of drug-likeness (QED) is 0.708. The predicted molar refractivity (Wildman–Crippen MR) is 67.6 cm³/mol. The smallest absolute Gasteiger partial charge is 0.0521 e. The molecule has 1 aliphatic rings. The minimum atomic E-state index is 0.324. The summed E-state index contributed by atoms with van der Waals surface area (Å²) in [6, 6.07) is 0.324. The third kappa shape index (κ3) is 5.25. The molecule has 4 heteroatoms. The molecule has 0 aromatic carbocycles. The molecule has 2 unspecified atom stereocenters. The van der Waals surface area contributed by atoms with Gasteiger partial charge in [0, 0.05) is 25.1 Å². The second-order valence-corrected chi connectivity index (χ2v) is 5.21. The Morgan fingerprint density at radius 1 is 1.25 bits per heavy atom. The van der Waals surface area contributed by atoms with Crippen LogP contribution in [0, 0.1) is 5.92 Å². The Bertz CT molecular complexity index is 187. The van der Waals surface area contributed by atoms with Gasteiger partial charge in [0.15, 0.2) is 0 Å². The number of hydrogen-bond donors (Lipinski definition) is 1. The summed E-state index contributed by atoms with van der Waals surface area (Å²) in [6.45, 7) is 5.02. The van der Waals surface area contributed by atoms with E-state index in [1.54, 1.807) is 0 Å². The highest BCUT2D eigenvalue weighted by molar-refractivity contribution is 4.78. The molecule has 0 radical (unpaired) electrons. The Hall–Kier alpha value is -0.160. The Kier molecular flexibility index (Phi) is 6.28. The monoisotopic (exact) mass is 229 g/mol. The van der Waals surface area contributed by atoms with Crippen LogP contribution in [0.4, 0.5) is 0 Å². The topological polar surface area (TPSA) is 41.7 Å². The van der Waals surface area contributed by atoms with E-state index in [1.165, 1.54) is 6.42 Å². The number of nitrogens with zero attached hydrogens (tertiary/aromatic N) is 2. The van der Waals surface area contributed by atoms with Crippen molar-refractivity contribution in [1.82, 2.24) is 9.80 Å². The normalized spacial score (nSPS) is 26.6. The van der Waals surface area contributed by atoms with Crippen LogP contribution in [0.1, 0.15) is 12.8 Å². The average molecular weight is 229 g/mol. The van der Waals surface area contributed by atoms with Gasteiger partial charge in [0.2, 0.25) is 0 Å². The summed E-state index contributed by atoms with van der Waals surface area (Å²) >= 11 is 0. The predicted octanol–water partition coefficient (Wildman–Crippen LogP) is 0.234. The average Bonchev–Trinajstić information content (AvgIpc) is 2.21. The minimum absolute atomic E-state index is 0.324. The Morgan fingerprint density at radius 2 is 2.00 bits per heavy atom. The van der Waals surface area contributed by atoms with Crippen LogP contribution in [-0.2, 0) is 4.74 Å². The first-order valence-electron chi connectivity index (χ1n) is 6.26. The molecule has 1 aliphatic heterocycles. The lowest BCUT2D eigenvalue weighted by molar-refractivity contribution is 0.0292. The summed E-state index contributed by atoms with van der Waals surface area (Å²) in [4.78, 5) is 4.60. The second-order valence-electron chi connectivity index (χ2n) is 5.21. The highest BCUT2D eigenvalue weighted by atomic mass is 16.5. The second kappa shape index (κ2) is 7.22. The first-order chi connectivity index (χ1) is 7.59. The van der Waals surface area contributed by atoms with E-state index < -0.39 is 0 Å². The van der Waals surface area contributed by atoms with Gasteiger partial charge in [0.05, 0.1) is 6.61 Å². The molecule has 0 aliphatic carbocycles. The van der Waals surface area contributed by atoms with E-state index in [9.17, 15) is 0 Å². The fraction of sp³-hybridized carbons (Fsp3) is 1.00. The van der Waals surface area contributed by atoms with Gasteiger partial charge in [-0.15, -0.1) is 0 Å². The van der Waals surface area contributed by atoms with E-state index in [1.807, 2.05) is 0 Å². The summed E-state index contributed by atoms with van der Waals surface area (Å²) < 4.78 is 5.48. The maximum absolute atomic E-state index is 6.09. The molecule has 2 atom stereocenters. The molecule has 1 rings (SSSR count). The maximum Gasteiger partial charge on any atom is 0.0521 e. The van der Waals surface area contributed by atoms with E-state index in [2.05, 4.69) is 30.9 Å². The van der Waals surface area contributed by atoms with Crippen LogP contribution < -0.4 is 5.73 Å². The number of nitrogens with two attached hydrogens (primary N) is 1. The van der Waals surface area contributed by atoms with Crippen LogP contribution in [0.2, 0.25) is 0 Å². The molecule has 0 amide bonds. The van der Waals surface area contributed by atoms with Crippen LogP contribution >= 0.6 is 0 Å². The molecule has 1 heterocycles. The van der Waals surface area contributed by atoms with Crippen LogP contribution in [0.3, 0.4) is 0 Å². The first-order valence-corrected chi connectivity index (χ1v) is 6.26. The molecule has 0 saturated carbocycles. The number of rotatable bonds is 6. The molecule has 96 valence electrons. The van der Waals surface area contributed by atoms with E-state index in [4.69, 9.17) is 10.5 Å². The van der Waals surface area contributed by atoms with Crippen molar-refractivity contribution in [3.05, 3.63) is 0 Å². The van der Waals surface area contributed by atoms with Crippen molar-refractivity contribution in [2.24, 2.45) is 11.7 Å². The lowest BCUT2D eigenvalue weighted by atomic mass is 9.96. The molecular weight excluding hydrogens is 202 g/mol. The molecule has 1 fully saturated rings. The van der Waals surface area contributed by atoms with Crippen LogP contribution in [-0.4, -0.2) is 69.8 Å². The highest BCUT2D eigenvalue weighted by Gasteiger charge is 2.23. The van der Waals surface area contributed by atoms with Gasteiger partial charge in [-0.2, -0.15) is 0 Å². The molecule has 0 spiro atoms. The lowest BCUT2D eigenvalue weighted by Crippen LogP contribution is -2.44. The third-order valence-electron chi connectivity index (χ3n) is 3.22. The van der Waals surface area contributed by atoms with Crippen molar-refractivity contribution in [2.75, 3.05) is 54.0 Å². The number of ether oxygens (including phenoxy) is 1. The Balaban J connectivity index is 2.14. The van der Waals surface area contributed by atoms with E-state index in [0.29, 0.717) is 12.0 Å². The molecule has 0 aromatic rings. The van der Waals surface area contributed by atoms with Crippen LogP contribution in [0.5, 0.6) is 0 Å². The number of hydrogen-bond acceptors (Lipinski definition) is 4. The standard InChI is InChI=1S/C12H27N3O/c1-14(2)6-4-7-15(3)9-11-10-16-8-5-12(11)13/h11-12H,4-10,13H2,1-3H3. The van der Waals surface area contributed by atoms with Crippen molar-refractivity contribution in [1.29, 1.82) is 0 Å². The van der Waals surface area contributed by atoms with Gasteiger partial charge in [-0.05, 0) is 47.1 Å². The largest absolute Gasteiger partial charge is 0.381 e. The molecular formula is C12H27N3O. The summed E-state index contributed by atoms with van der Waals surface area (Å²) in [5.74, 6) is 0.512. The molecule has 2 N–H and O–H groups in total. The molecule has 0 bridgehead atoms. The van der Waals surface area contributed by atoms with Crippen molar-refractivity contribution >= 4 is 0 Å². The fourth-order valence-electron chi connectivity index (χ4n) is 2.15. The summed E-state index contributed by atoms with van der Waals surface area (Å²) in [5.41, 5.74) is 6.09. The fourth-order valence-corrected chi connectivity index (χ4v) is 2.15. The van der Waals surface area contributed by atoms with Crippen LogP contribution in [0.25, 0.3) is 0 Å². The van der Waals surface area contributed by atoms with Gasteiger partial charge in [-0.1, -0.05) is 0 Å². The van der Waals surface area contributed by atoms with Crippen molar-refractivity contribution in [3.8, 4) is 0 Å². The van der Waals surface area contributed by atoms with Crippen molar-refractivity contribution in [3.63, 3.8) is 0 Å². The SMILES string of the molecule is CN(C)CCCN(C)CC1COCCC1N. The van der Waals surface area contributed by atoms with E-state index >= 15 is 0 Å². The molecule has 1 saturated heterocycles. The van der Waals surface area contributed by atoms with Crippen molar-refractivity contribution in [2.45, 2.75) is 18.9 Å². The first kappa shape index (κ1) is 13.9. The van der Waals surface area contributed by atoms with Gasteiger partial charge in [-0.25, -0.2) is 0 Å². The zero-order valence-corrected chi connectivity index (χ0v) is 11.0.